The van der Waals surface area contributed by atoms with Crippen LogP contribution in [0.1, 0.15) is 18.4 Å². The summed E-state index contributed by atoms with van der Waals surface area (Å²) in [5.74, 6) is -0.886. The second kappa shape index (κ2) is 5.08. The molecule has 2 aliphatic rings. The number of morpholine rings is 1. The van der Waals surface area contributed by atoms with Crippen LogP contribution in [0.15, 0.2) is 29.2 Å². The average Bonchev–Trinajstić information content (AvgIpc) is 3.30. The minimum atomic E-state index is -3.58. The summed E-state index contributed by atoms with van der Waals surface area (Å²) in [5, 5.41) is 9.32. The van der Waals surface area contributed by atoms with E-state index < -0.39 is 21.4 Å². The highest BCUT2D eigenvalue weighted by molar-refractivity contribution is 7.89. The number of sulfonamides is 1. The van der Waals surface area contributed by atoms with Gasteiger partial charge in [0.1, 0.15) is 0 Å². The molecule has 0 aromatic heterocycles. The number of ether oxygens (including phenoxy) is 1. The third-order valence-electron chi connectivity index (χ3n) is 4.15. The van der Waals surface area contributed by atoms with Crippen molar-refractivity contribution in [2.45, 2.75) is 23.2 Å². The van der Waals surface area contributed by atoms with Crippen LogP contribution in [-0.4, -0.2) is 50.1 Å². The Morgan fingerprint density at radius 1 is 1.24 bits per heavy atom. The van der Waals surface area contributed by atoms with E-state index in [-0.39, 0.29) is 4.90 Å². The summed E-state index contributed by atoms with van der Waals surface area (Å²) in [5.41, 5.74) is -0.319. The van der Waals surface area contributed by atoms with Crippen molar-refractivity contribution in [1.29, 1.82) is 0 Å². The molecule has 21 heavy (non-hydrogen) atoms. The summed E-state index contributed by atoms with van der Waals surface area (Å²) in [4.78, 5) is 11.5. The molecule has 1 saturated carbocycles. The maximum absolute atomic E-state index is 12.6. The minimum Gasteiger partial charge on any atom is -0.481 e. The van der Waals surface area contributed by atoms with Gasteiger partial charge in [-0.15, -0.1) is 0 Å². The maximum atomic E-state index is 12.6. The van der Waals surface area contributed by atoms with Gasteiger partial charge < -0.3 is 9.84 Å². The van der Waals surface area contributed by atoms with Crippen LogP contribution in [0.3, 0.4) is 0 Å². The lowest BCUT2D eigenvalue weighted by molar-refractivity contribution is -0.140. The zero-order chi connectivity index (χ0) is 15.1. The van der Waals surface area contributed by atoms with Gasteiger partial charge in [-0.1, -0.05) is 12.1 Å². The fourth-order valence-corrected chi connectivity index (χ4v) is 4.10. The normalized spacial score (nSPS) is 21.9. The third kappa shape index (κ3) is 2.45. The molecule has 1 aliphatic carbocycles. The fourth-order valence-electron chi connectivity index (χ4n) is 2.64. The fraction of sp³-hybridized carbons (Fsp3) is 0.500. The first-order valence-corrected chi connectivity index (χ1v) is 8.33. The van der Waals surface area contributed by atoms with Crippen molar-refractivity contribution in [3.8, 4) is 0 Å². The average molecular weight is 311 g/mol. The summed E-state index contributed by atoms with van der Waals surface area (Å²) in [6.45, 7) is 1.43. The van der Waals surface area contributed by atoms with Gasteiger partial charge in [0, 0.05) is 13.1 Å². The highest BCUT2D eigenvalue weighted by atomic mass is 32.2. The van der Waals surface area contributed by atoms with Crippen molar-refractivity contribution in [2.24, 2.45) is 0 Å². The summed E-state index contributed by atoms with van der Waals surface area (Å²) in [6.07, 6.45) is 1.12. The summed E-state index contributed by atoms with van der Waals surface area (Å²) in [6, 6.07) is 6.34. The van der Waals surface area contributed by atoms with E-state index in [2.05, 4.69) is 0 Å². The Hall–Kier alpha value is -1.44. The zero-order valence-corrected chi connectivity index (χ0v) is 12.3. The maximum Gasteiger partial charge on any atom is 0.314 e. The van der Waals surface area contributed by atoms with Gasteiger partial charge in [-0.05, 0) is 30.5 Å². The Balaban J connectivity index is 1.94. The lowest BCUT2D eigenvalue weighted by Crippen LogP contribution is -2.40. The summed E-state index contributed by atoms with van der Waals surface area (Å²) >= 11 is 0. The smallest absolute Gasteiger partial charge is 0.314 e. The van der Waals surface area contributed by atoms with Crippen LogP contribution < -0.4 is 0 Å². The molecule has 0 atom stereocenters. The molecule has 2 fully saturated rings. The lowest BCUT2D eigenvalue weighted by Gasteiger charge is -2.26. The topological polar surface area (TPSA) is 83.9 Å². The van der Waals surface area contributed by atoms with Gasteiger partial charge in [0.05, 0.1) is 23.5 Å². The van der Waals surface area contributed by atoms with E-state index in [0.717, 1.165) is 0 Å². The highest BCUT2D eigenvalue weighted by Gasteiger charge is 2.52. The Labute approximate surface area is 123 Å². The van der Waals surface area contributed by atoms with Crippen LogP contribution >= 0.6 is 0 Å². The monoisotopic (exact) mass is 311 g/mol. The van der Waals surface area contributed by atoms with Crippen molar-refractivity contribution < 1.29 is 23.1 Å². The number of benzene rings is 1. The molecule has 6 nitrogen and oxygen atoms in total. The molecule has 1 saturated heterocycles. The lowest BCUT2D eigenvalue weighted by atomic mass is 9.96. The van der Waals surface area contributed by atoms with E-state index in [4.69, 9.17) is 4.74 Å². The van der Waals surface area contributed by atoms with Gasteiger partial charge in [-0.2, -0.15) is 4.31 Å². The molecular formula is C14H17NO5S. The standard InChI is InChI=1S/C14H17NO5S/c16-13(17)14(4-5-14)11-2-1-3-12(10-11)21(18,19)15-6-8-20-9-7-15/h1-3,10H,4-9H2,(H,16,17). The number of hydrogen-bond donors (Lipinski definition) is 1. The molecule has 0 radical (unpaired) electrons. The van der Waals surface area contributed by atoms with Gasteiger partial charge >= 0.3 is 5.97 Å². The molecule has 0 amide bonds. The van der Waals surface area contributed by atoms with E-state index in [9.17, 15) is 18.3 Å². The number of hydrogen-bond acceptors (Lipinski definition) is 4. The van der Waals surface area contributed by atoms with Crippen molar-refractivity contribution in [3.63, 3.8) is 0 Å². The van der Waals surface area contributed by atoms with Crippen molar-refractivity contribution >= 4 is 16.0 Å². The number of rotatable bonds is 4. The zero-order valence-electron chi connectivity index (χ0n) is 11.5. The van der Waals surface area contributed by atoms with Crippen molar-refractivity contribution in [2.75, 3.05) is 26.3 Å². The van der Waals surface area contributed by atoms with Crippen molar-refractivity contribution in [1.82, 2.24) is 4.31 Å². The Bertz CT molecular complexity index is 660. The van der Waals surface area contributed by atoms with Gasteiger partial charge in [0.25, 0.3) is 0 Å². The first kappa shape index (κ1) is 14.5. The molecule has 114 valence electrons. The Kier molecular flexibility index (Phi) is 3.51. The molecule has 3 rings (SSSR count). The molecular weight excluding hydrogens is 294 g/mol. The van der Waals surface area contributed by atoms with E-state index in [1.165, 1.54) is 16.4 Å². The number of carboxylic acids is 1. The van der Waals surface area contributed by atoms with Gasteiger partial charge in [-0.25, -0.2) is 8.42 Å². The van der Waals surface area contributed by atoms with Gasteiger partial charge in [0.15, 0.2) is 0 Å². The largest absolute Gasteiger partial charge is 0.481 e. The predicted molar refractivity (Wildman–Crippen MR) is 74.6 cm³/mol. The molecule has 1 aromatic rings. The van der Waals surface area contributed by atoms with Crippen LogP contribution in [0.25, 0.3) is 0 Å². The van der Waals surface area contributed by atoms with Crippen LogP contribution in [0, 0.1) is 0 Å². The van der Waals surface area contributed by atoms with Gasteiger partial charge in [-0.3, -0.25) is 4.79 Å². The predicted octanol–water partition coefficient (Wildman–Crippen LogP) is 0.824. The molecule has 0 spiro atoms. The molecule has 1 heterocycles. The van der Waals surface area contributed by atoms with Gasteiger partial charge in [0.2, 0.25) is 10.0 Å². The number of carboxylic acid groups (broad SMARTS) is 1. The number of carbonyl (C=O) groups is 1. The summed E-state index contributed by atoms with van der Waals surface area (Å²) in [7, 11) is -3.58. The highest BCUT2D eigenvalue weighted by Crippen LogP contribution is 2.48. The molecule has 0 bridgehead atoms. The Morgan fingerprint density at radius 3 is 2.48 bits per heavy atom. The SMILES string of the molecule is O=C(O)C1(c2cccc(S(=O)(=O)N3CCOCC3)c2)CC1. The van der Waals surface area contributed by atoms with E-state index in [1.807, 2.05) is 0 Å². The first-order chi connectivity index (χ1) is 9.97. The molecule has 1 aromatic carbocycles. The third-order valence-corrected chi connectivity index (χ3v) is 6.05. The first-order valence-electron chi connectivity index (χ1n) is 6.89. The second-order valence-electron chi connectivity index (χ2n) is 5.43. The molecule has 7 heteroatoms. The van der Waals surface area contributed by atoms with E-state index >= 15 is 0 Å². The van der Waals surface area contributed by atoms with E-state index in [0.29, 0.717) is 44.7 Å². The van der Waals surface area contributed by atoms with E-state index in [1.54, 1.807) is 12.1 Å². The van der Waals surface area contributed by atoms with Crippen LogP contribution in [0.5, 0.6) is 0 Å². The van der Waals surface area contributed by atoms with Crippen molar-refractivity contribution in [3.05, 3.63) is 29.8 Å². The Morgan fingerprint density at radius 2 is 1.90 bits per heavy atom. The quantitative estimate of drug-likeness (QED) is 0.890. The number of aliphatic carboxylic acids is 1. The van der Waals surface area contributed by atoms with Crippen LogP contribution in [0.2, 0.25) is 0 Å². The molecule has 0 unspecified atom stereocenters. The second-order valence-corrected chi connectivity index (χ2v) is 7.37. The molecule has 1 aliphatic heterocycles. The minimum absolute atomic E-state index is 0.162. The molecule has 1 N–H and O–H groups in total. The summed E-state index contributed by atoms with van der Waals surface area (Å²) < 4.78 is 31.7. The van der Waals surface area contributed by atoms with Crippen LogP contribution in [-0.2, 0) is 25.0 Å². The van der Waals surface area contributed by atoms with Crippen LogP contribution in [0.4, 0.5) is 0 Å². The number of nitrogens with zero attached hydrogens (tertiary/aromatic N) is 1.